The first kappa shape index (κ1) is 13.5. The number of aryl methyl sites for hydroxylation is 1. The molecule has 0 aromatic carbocycles. The van der Waals surface area contributed by atoms with E-state index in [1.165, 1.54) is 12.8 Å². The lowest BCUT2D eigenvalue weighted by Gasteiger charge is -2.05. The standard InChI is InChI=1S/C11H19N3O.ClH/c1-14-6-4-13-11(14)8-12-5-7-15-9-10-2-3-10;/h4,6,10,12H,2-3,5,7-9H2,1H3;1H. The monoisotopic (exact) mass is 245 g/mol. The minimum atomic E-state index is 0. The summed E-state index contributed by atoms with van der Waals surface area (Å²) in [6, 6.07) is 0. The van der Waals surface area contributed by atoms with Crippen molar-refractivity contribution >= 4 is 12.4 Å². The van der Waals surface area contributed by atoms with Gasteiger partial charge in [0.2, 0.25) is 0 Å². The van der Waals surface area contributed by atoms with Gasteiger partial charge in [-0.1, -0.05) is 0 Å². The minimum Gasteiger partial charge on any atom is -0.380 e. The SMILES string of the molecule is Cl.Cn1ccnc1CNCCOCC1CC1. The molecule has 1 fully saturated rings. The number of nitrogens with one attached hydrogen (secondary N) is 1. The van der Waals surface area contributed by atoms with Crippen LogP contribution in [0.1, 0.15) is 18.7 Å². The second kappa shape index (κ2) is 6.89. The summed E-state index contributed by atoms with van der Waals surface area (Å²) in [5, 5.41) is 3.31. The third-order valence-electron chi connectivity index (χ3n) is 2.68. The van der Waals surface area contributed by atoms with E-state index in [1.807, 2.05) is 24.0 Å². The molecule has 1 N–H and O–H groups in total. The Kier molecular flexibility index (Phi) is 5.80. The van der Waals surface area contributed by atoms with E-state index in [-0.39, 0.29) is 12.4 Å². The maximum Gasteiger partial charge on any atom is 0.122 e. The Morgan fingerprint density at radius 2 is 2.38 bits per heavy atom. The van der Waals surface area contributed by atoms with Crippen molar-refractivity contribution in [3.05, 3.63) is 18.2 Å². The number of rotatable bonds is 7. The average molecular weight is 246 g/mol. The second-order valence-electron chi connectivity index (χ2n) is 4.15. The molecule has 1 heterocycles. The summed E-state index contributed by atoms with van der Waals surface area (Å²) >= 11 is 0. The molecule has 0 atom stereocenters. The summed E-state index contributed by atoms with van der Waals surface area (Å²) in [6.45, 7) is 3.47. The van der Waals surface area contributed by atoms with Gasteiger partial charge in [0.15, 0.2) is 0 Å². The molecule has 2 rings (SSSR count). The fourth-order valence-electron chi connectivity index (χ4n) is 1.45. The summed E-state index contributed by atoms with van der Waals surface area (Å²) in [4.78, 5) is 4.23. The Bertz CT molecular complexity index is 299. The van der Waals surface area contributed by atoms with E-state index < -0.39 is 0 Å². The van der Waals surface area contributed by atoms with Crippen LogP contribution in [0, 0.1) is 5.92 Å². The van der Waals surface area contributed by atoms with Gasteiger partial charge in [-0.05, 0) is 18.8 Å². The van der Waals surface area contributed by atoms with Gasteiger partial charge in [-0.3, -0.25) is 0 Å². The molecule has 1 saturated carbocycles. The topological polar surface area (TPSA) is 39.1 Å². The van der Waals surface area contributed by atoms with Crippen molar-refractivity contribution in [2.45, 2.75) is 19.4 Å². The summed E-state index contributed by atoms with van der Waals surface area (Å²) in [6.07, 6.45) is 6.50. The molecule has 1 aliphatic rings. The normalized spacial score (nSPS) is 14.8. The molecular weight excluding hydrogens is 226 g/mol. The zero-order valence-corrected chi connectivity index (χ0v) is 10.5. The Hall–Kier alpha value is -0.580. The Morgan fingerprint density at radius 3 is 3.00 bits per heavy atom. The summed E-state index contributed by atoms with van der Waals surface area (Å²) < 4.78 is 7.54. The smallest absolute Gasteiger partial charge is 0.122 e. The van der Waals surface area contributed by atoms with Crippen LogP contribution in [0.5, 0.6) is 0 Å². The average Bonchev–Trinajstić information content (AvgIpc) is 2.96. The molecule has 0 amide bonds. The fraction of sp³-hybridized carbons (Fsp3) is 0.727. The summed E-state index contributed by atoms with van der Waals surface area (Å²) in [5.41, 5.74) is 0. The first-order chi connectivity index (χ1) is 7.36. The van der Waals surface area contributed by atoms with E-state index in [9.17, 15) is 0 Å². The van der Waals surface area contributed by atoms with Gasteiger partial charge in [0.25, 0.3) is 0 Å². The third kappa shape index (κ3) is 4.51. The van der Waals surface area contributed by atoms with Crippen LogP contribution in [-0.2, 0) is 18.3 Å². The van der Waals surface area contributed by atoms with E-state index in [1.54, 1.807) is 0 Å². The number of ether oxygens (including phenoxy) is 1. The van der Waals surface area contributed by atoms with Crippen LogP contribution in [-0.4, -0.2) is 29.3 Å². The molecule has 0 bridgehead atoms. The predicted octanol–water partition coefficient (Wildman–Crippen LogP) is 1.36. The molecular formula is C11H20ClN3O. The van der Waals surface area contributed by atoms with Crippen LogP contribution >= 0.6 is 12.4 Å². The maximum atomic E-state index is 5.52. The largest absolute Gasteiger partial charge is 0.380 e. The lowest BCUT2D eigenvalue weighted by molar-refractivity contribution is 0.126. The van der Waals surface area contributed by atoms with Gasteiger partial charge in [0.1, 0.15) is 5.82 Å². The summed E-state index contributed by atoms with van der Waals surface area (Å²) in [5.74, 6) is 1.93. The number of hydrogen-bond acceptors (Lipinski definition) is 3. The van der Waals surface area contributed by atoms with Crippen LogP contribution < -0.4 is 5.32 Å². The Morgan fingerprint density at radius 1 is 1.56 bits per heavy atom. The molecule has 0 radical (unpaired) electrons. The van der Waals surface area contributed by atoms with E-state index in [0.29, 0.717) is 0 Å². The van der Waals surface area contributed by atoms with Gasteiger partial charge >= 0.3 is 0 Å². The lowest BCUT2D eigenvalue weighted by Crippen LogP contribution is -2.21. The molecule has 4 nitrogen and oxygen atoms in total. The highest BCUT2D eigenvalue weighted by Crippen LogP contribution is 2.28. The lowest BCUT2D eigenvalue weighted by atomic mass is 10.5. The Balaban J connectivity index is 0.00000128. The first-order valence-electron chi connectivity index (χ1n) is 5.61. The minimum absolute atomic E-state index is 0. The fourth-order valence-corrected chi connectivity index (χ4v) is 1.45. The molecule has 0 saturated heterocycles. The molecule has 0 aliphatic heterocycles. The number of halogens is 1. The van der Waals surface area contributed by atoms with Crippen molar-refractivity contribution in [3.8, 4) is 0 Å². The number of hydrogen-bond donors (Lipinski definition) is 1. The van der Waals surface area contributed by atoms with Gasteiger partial charge in [-0.15, -0.1) is 12.4 Å². The van der Waals surface area contributed by atoms with Crippen molar-refractivity contribution in [1.82, 2.24) is 14.9 Å². The molecule has 0 unspecified atom stereocenters. The van der Waals surface area contributed by atoms with Crippen LogP contribution in [0.25, 0.3) is 0 Å². The van der Waals surface area contributed by atoms with Crippen molar-refractivity contribution in [2.24, 2.45) is 13.0 Å². The first-order valence-corrected chi connectivity index (χ1v) is 5.61. The van der Waals surface area contributed by atoms with Crippen LogP contribution in [0.2, 0.25) is 0 Å². The van der Waals surface area contributed by atoms with Crippen molar-refractivity contribution in [3.63, 3.8) is 0 Å². The van der Waals surface area contributed by atoms with Crippen LogP contribution in [0.15, 0.2) is 12.4 Å². The van der Waals surface area contributed by atoms with Crippen LogP contribution in [0.3, 0.4) is 0 Å². The van der Waals surface area contributed by atoms with E-state index >= 15 is 0 Å². The Labute approximate surface area is 103 Å². The van der Waals surface area contributed by atoms with Crippen LogP contribution in [0.4, 0.5) is 0 Å². The molecule has 92 valence electrons. The quantitative estimate of drug-likeness (QED) is 0.738. The molecule has 1 aliphatic carbocycles. The van der Waals surface area contributed by atoms with Gasteiger partial charge in [0, 0.05) is 32.6 Å². The van der Waals surface area contributed by atoms with E-state index in [0.717, 1.165) is 38.0 Å². The molecule has 5 heteroatoms. The third-order valence-corrected chi connectivity index (χ3v) is 2.68. The zero-order valence-electron chi connectivity index (χ0n) is 9.69. The zero-order chi connectivity index (χ0) is 10.5. The van der Waals surface area contributed by atoms with Crippen molar-refractivity contribution in [2.75, 3.05) is 19.8 Å². The van der Waals surface area contributed by atoms with Gasteiger partial charge in [-0.2, -0.15) is 0 Å². The summed E-state index contributed by atoms with van der Waals surface area (Å²) in [7, 11) is 2.01. The van der Waals surface area contributed by atoms with Gasteiger partial charge in [0.05, 0.1) is 13.2 Å². The van der Waals surface area contributed by atoms with Crippen molar-refractivity contribution < 1.29 is 4.74 Å². The highest BCUT2D eigenvalue weighted by molar-refractivity contribution is 5.85. The highest BCUT2D eigenvalue weighted by Gasteiger charge is 2.20. The van der Waals surface area contributed by atoms with Crippen molar-refractivity contribution in [1.29, 1.82) is 0 Å². The maximum absolute atomic E-state index is 5.52. The molecule has 16 heavy (non-hydrogen) atoms. The molecule has 0 spiro atoms. The van der Waals surface area contributed by atoms with E-state index in [4.69, 9.17) is 4.74 Å². The number of imidazole rings is 1. The van der Waals surface area contributed by atoms with Gasteiger partial charge < -0.3 is 14.6 Å². The van der Waals surface area contributed by atoms with Gasteiger partial charge in [-0.25, -0.2) is 4.98 Å². The predicted molar refractivity (Wildman–Crippen MR) is 65.7 cm³/mol. The second-order valence-corrected chi connectivity index (χ2v) is 4.15. The number of aromatic nitrogens is 2. The highest BCUT2D eigenvalue weighted by atomic mass is 35.5. The van der Waals surface area contributed by atoms with E-state index in [2.05, 4.69) is 10.3 Å². The molecule has 1 aromatic rings. The molecule has 1 aromatic heterocycles. The number of nitrogens with zero attached hydrogens (tertiary/aromatic N) is 2.